The topological polar surface area (TPSA) is 115 Å². The van der Waals surface area contributed by atoms with Crippen molar-refractivity contribution in [1.29, 1.82) is 0 Å². The summed E-state index contributed by atoms with van der Waals surface area (Å²) in [5.41, 5.74) is 1.95. The first-order chi connectivity index (χ1) is 14.0. The maximum Gasteiger partial charge on any atom is 0.211 e. The second-order valence-corrected chi connectivity index (χ2v) is 10.4. The van der Waals surface area contributed by atoms with Crippen molar-refractivity contribution in [1.82, 2.24) is 19.9 Å². The van der Waals surface area contributed by atoms with Crippen molar-refractivity contribution in [3.05, 3.63) is 29.0 Å². The van der Waals surface area contributed by atoms with Gasteiger partial charge in [0.15, 0.2) is 5.82 Å². The van der Waals surface area contributed by atoms with Gasteiger partial charge in [0.2, 0.25) is 10.0 Å². The Morgan fingerprint density at radius 3 is 2.83 bits per heavy atom. The largest absolute Gasteiger partial charge is 0.352 e. The highest BCUT2D eigenvalue weighted by atomic mass is 32.2. The molecule has 152 valence electrons. The number of thiophene rings is 1. The van der Waals surface area contributed by atoms with Gasteiger partial charge < -0.3 is 4.90 Å². The summed E-state index contributed by atoms with van der Waals surface area (Å²) in [7, 11) is -3.57. The molecule has 29 heavy (non-hydrogen) atoms. The molecule has 5 rings (SSSR count). The molecule has 0 spiro atoms. The van der Waals surface area contributed by atoms with E-state index in [1.165, 1.54) is 16.9 Å². The predicted octanol–water partition coefficient (Wildman–Crippen LogP) is 2.28. The lowest BCUT2D eigenvalue weighted by Crippen LogP contribution is -2.38. The zero-order valence-corrected chi connectivity index (χ0v) is 17.5. The lowest BCUT2D eigenvalue weighted by molar-refractivity contribution is 0.587. The molecule has 1 fully saturated rings. The molecule has 0 amide bonds. The molecule has 1 saturated heterocycles. The van der Waals surface area contributed by atoms with Crippen molar-refractivity contribution >= 4 is 37.4 Å². The maximum absolute atomic E-state index is 11.8. The molecule has 2 N–H and O–H groups in total. The molecule has 2 aliphatic rings. The van der Waals surface area contributed by atoms with E-state index in [9.17, 15) is 8.42 Å². The summed E-state index contributed by atoms with van der Waals surface area (Å²) in [6.45, 7) is 0.761. The van der Waals surface area contributed by atoms with E-state index < -0.39 is 10.0 Å². The van der Waals surface area contributed by atoms with E-state index in [4.69, 9.17) is 15.1 Å². The maximum atomic E-state index is 11.8. The first-order valence-electron chi connectivity index (χ1n) is 9.85. The van der Waals surface area contributed by atoms with Crippen LogP contribution in [0.4, 0.5) is 5.82 Å². The van der Waals surface area contributed by atoms with Crippen LogP contribution in [0.15, 0.2) is 18.6 Å². The first-order valence-corrected chi connectivity index (χ1v) is 12.4. The minimum Gasteiger partial charge on any atom is -0.352 e. The number of hydrogen-bond acceptors (Lipinski definition) is 8. The minimum atomic E-state index is -3.57. The lowest BCUT2D eigenvalue weighted by atomic mass is 9.97. The Bertz CT molecular complexity index is 1160. The average Bonchev–Trinajstić information content (AvgIpc) is 3.30. The highest BCUT2D eigenvalue weighted by Crippen LogP contribution is 2.42. The van der Waals surface area contributed by atoms with Crippen molar-refractivity contribution in [2.75, 3.05) is 17.2 Å². The highest BCUT2D eigenvalue weighted by Gasteiger charge is 2.32. The minimum absolute atomic E-state index is 0.0642. The molecule has 10 heteroatoms. The van der Waals surface area contributed by atoms with E-state index in [0.29, 0.717) is 11.5 Å². The van der Waals surface area contributed by atoms with Gasteiger partial charge in [0.1, 0.15) is 16.3 Å². The number of primary sulfonamides is 1. The smallest absolute Gasteiger partial charge is 0.211 e. The van der Waals surface area contributed by atoms with Gasteiger partial charge in [0, 0.05) is 29.9 Å². The Morgan fingerprint density at radius 2 is 2.03 bits per heavy atom. The fourth-order valence-electron chi connectivity index (χ4n) is 4.43. The first kappa shape index (κ1) is 18.8. The van der Waals surface area contributed by atoms with E-state index in [0.717, 1.165) is 54.7 Å². The van der Waals surface area contributed by atoms with Gasteiger partial charge >= 0.3 is 0 Å². The summed E-state index contributed by atoms with van der Waals surface area (Å²) in [5.74, 6) is 1.28. The van der Waals surface area contributed by atoms with Crippen molar-refractivity contribution in [3.63, 3.8) is 0 Å². The second-order valence-electron chi connectivity index (χ2n) is 7.67. The zero-order valence-electron chi connectivity index (χ0n) is 15.9. The third-order valence-electron chi connectivity index (χ3n) is 5.66. The molecule has 1 atom stereocenters. The van der Waals surface area contributed by atoms with Crippen LogP contribution in [-0.2, 0) is 22.9 Å². The van der Waals surface area contributed by atoms with E-state index in [1.54, 1.807) is 29.9 Å². The normalized spacial score (nSPS) is 19.6. The highest BCUT2D eigenvalue weighted by molar-refractivity contribution is 7.89. The summed E-state index contributed by atoms with van der Waals surface area (Å²) >= 11 is 1.73. The van der Waals surface area contributed by atoms with Crippen LogP contribution in [-0.4, -0.2) is 46.7 Å². The Balaban J connectivity index is 1.70. The quantitative estimate of drug-likeness (QED) is 0.675. The van der Waals surface area contributed by atoms with Gasteiger partial charge in [-0.3, -0.25) is 4.98 Å². The molecule has 0 aromatic carbocycles. The van der Waals surface area contributed by atoms with Crippen LogP contribution in [0.25, 0.3) is 21.7 Å². The fourth-order valence-corrected chi connectivity index (χ4v) is 6.57. The van der Waals surface area contributed by atoms with Gasteiger partial charge in [-0.2, -0.15) is 0 Å². The molecule has 4 heterocycles. The molecule has 1 unspecified atom stereocenters. The van der Waals surface area contributed by atoms with Crippen LogP contribution in [0, 0.1) is 0 Å². The van der Waals surface area contributed by atoms with E-state index in [2.05, 4.69) is 14.9 Å². The molecule has 3 aromatic heterocycles. The Hall–Kier alpha value is -2.17. The molecular weight excluding hydrogens is 408 g/mol. The molecule has 3 aromatic rings. The Kier molecular flexibility index (Phi) is 4.72. The second kappa shape index (κ2) is 7.26. The number of fused-ring (bicyclic) bond motifs is 3. The zero-order chi connectivity index (χ0) is 20.0. The molecule has 1 aliphatic heterocycles. The van der Waals surface area contributed by atoms with Crippen LogP contribution in [0.5, 0.6) is 0 Å². The number of anilines is 1. The van der Waals surface area contributed by atoms with Crippen LogP contribution in [0.3, 0.4) is 0 Å². The van der Waals surface area contributed by atoms with Gasteiger partial charge in [-0.15, -0.1) is 11.3 Å². The SMILES string of the molecule is NS(=O)(=O)CC1CCCN1c1nc(-c2cnccn2)nc2sc3c(c12)CCCC3. The third kappa shape index (κ3) is 3.60. The van der Waals surface area contributed by atoms with Crippen LogP contribution in [0.2, 0.25) is 0 Å². The van der Waals surface area contributed by atoms with E-state index in [1.807, 2.05) is 0 Å². The van der Waals surface area contributed by atoms with E-state index >= 15 is 0 Å². The molecule has 0 bridgehead atoms. The van der Waals surface area contributed by atoms with Crippen LogP contribution < -0.4 is 10.0 Å². The number of aromatic nitrogens is 4. The summed E-state index contributed by atoms with van der Waals surface area (Å²) in [4.78, 5) is 22.7. The van der Waals surface area contributed by atoms with Crippen molar-refractivity contribution in [2.24, 2.45) is 5.14 Å². The Morgan fingerprint density at radius 1 is 1.17 bits per heavy atom. The number of nitrogens with zero attached hydrogens (tertiary/aromatic N) is 5. The van der Waals surface area contributed by atoms with E-state index in [-0.39, 0.29) is 11.8 Å². The summed E-state index contributed by atoms with van der Waals surface area (Å²) in [5, 5.41) is 6.46. The molecule has 0 saturated carbocycles. The number of rotatable bonds is 4. The summed E-state index contributed by atoms with van der Waals surface area (Å²) in [6.07, 6.45) is 11.0. The van der Waals surface area contributed by atoms with Gasteiger partial charge in [-0.1, -0.05) is 0 Å². The molecule has 8 nitrogen and oxygen atoms in total. The van der Waals surface area contributed by atoms with Gasteiger partial charge in [-0.05, 0) is 44.1 Å². The lowest BCUT2D eigenvalue weighted by Gasteiger charge is -2.26. The van der Waals surface area contributed by atoms with Crippen LogP contribution in [0.1, 0.15) is 36.1 Å². The number of hydrogen-bond donors (Lipinski definition) is 1. The van der Waals surface area contributed by atoms with Crippen molar-refractivity contribution in [2.45, 2.75) is 44.6 Å². The predicted molar refractivity (Wildman–Crippen MR) is 113 cm³/mol. The Labute approximate surface area is 173 Å². The standard InChI is InChI=1S/C19H22N6O2S2/c20-29(26,27)11-12-4-3-9-25(12)18-16-13-5-1-2-6-15(13)28-19(16)24-17(23-18)14-10-21-7-8-22-14/h7-8,10,12H,1-6,9,11H2,(H2,20,26,27). The van der Waals surface area contributed by atoms with Gasteiger partial charge in [0.25, 0.3) is 0 Å². The summed E-state index contributed by atoms with van der Waals surface area (Å²) < 4.78 is 23.6. The molecule has 0 radical (unpaired) electrons. The van der Waals surface area contributed by atoms with Crippen molar-refractivity contribution < 1.29 is 8.42 Å². The van der Waals surface area contributed by atoms with Gasteiger partial charge in [-0.25, -0.2) is 28.5 Å². The number of nitrogens with two attached hydrogens (primary N) is 1. The monoisotopic (exact) mass is 430 g/mol. The van der Waals surface area contributed by atoms with Crippen molar-refractivity contribution in [3.8, 4) is 11.5 Å². The number of sulfonamides is 1. The summed E-state index contributed by atoms with van der Waals surface area (Å²) in [6, 6.07) is -0.169. The third-order valence-corrected chi connectivity index (χ3v) is 7.70. The molecule has 1 aliphatic carbocycles. The average molecular weight is 431 g/mol. The van der Waals surface area contributed by atoms with Crippen LogP contribution >= 0.6 is 11.3 Å². The molecular formula is C19H22N6O2S2. The fraction of sp³-hybridized carbons (Fsp3) is 0.474. The van der Waals surface area contributed by atoms with Gasteiger partial charge in [0.05, 0.1) is 17.3 Å². The number of aryl methyl sites for hydroxylation is 2.